The van der Waals surface area contributed by atoms with Crippen LogP contribution in [0, 0.1) is 23.4 Å². The number of unbranched alkanes of at least 4 members (excludes halogenated alkanes) is 8. The van der Waals surface area contributed by atoms with Gasteiger partial charge in [0.25, 0.3) is 0 Å². The zero-order valence-corrected chi connectivity index (χ0v) is 26.5. The largest absolute Gasteiger partial charge is 0.207 e. The fraction of sp³-hybridized carbons (Fsp3) is 0.500. The van der Waals surface area contributed by atoms with E-state index in [1.807, 2.05) is 36.4 Å². The highest BCUT2D eigenvalue weighted by molar-refractivity contribution is 5.71. The summed E-state index contributed by atoms with van der Waals surface area (Å²) in [6.45, 7) is 4.35. The second-order valence-electron chi connectivity index (χ2n) is 12.7. The van der Waals surface area contributed by atoms with Crippen LogP contribution in [0.3, 0.4) is 0 Å². The molecule has 1 aliphatic rings. The second-order valence-corrected chi connectivity index (χ2v) is 12.7. The van der Waals surface area contributed by atoms with Gasteiger partial charge in [-0.15, -0.1) is 0 Å². The molecule has 0 atom stereocenters. The molecule has 3 heteroatoms. The van der Waals surface area contributed by atoms with E-state index in [-0.39, 0.29) is 11.4 Å². The summed E-state index contributed by atoms with van der Waals surface area (Å²) in [5.41, 5.74) is 3.71. The maximum atomic E-state index is 15.3. The summed E-state index contributed by atoms with van der Waals surface area (Å²) >= 11 is 0. The molecule has 0 N–H and O–H groups in total. The van der Waals surface area contributed by atoms with E-state index in [0.717, 1.165) is 48.3 Å². The molecule has 1 aliphatic carbocycles. The zero-order valence-electron chi connectivity index (χ0n) is 26.5. The van der Waals surface area contributed by atoms with Gasteiger partial charge >= 0.3 is 0 Å². The van der Waals surface area contributed by atoms with E-state index < -0.39 is 11.6 Å². The summed E-state index contributed by atoms with van der Waals surface area (Å²) < 4.78 is 45.0. The highest BCUT2D eigenvalue weighted by Crippen LogP contribution is 2.39. The van der Waals surface area contributed by atoms with Crippen LogP contribution < -0.4 is 0 Å². The van der Waals surface area contributed by atoms with Gasteiger partial charge in [-0.1, -0.05) is 139 Å². The van der Waals surface area contributed by atoms with Gasteiger partial charge in [-0.25, -0.2) is 13.2 Å². The Morgan fingerprint density at radius 2 is 1.28 bits per heavy atom. The third kappa shape index (κ3) is 9.59. The molecule has 43 heavy (non-hydrogen) atoms. The molecular formula is C40H51F3. The molecule has 0 aliphatic heterocycles. The molecule has 0 nitrogen and oxygen atoms in total. The molecule has 0 unspecified atom stereocenters. The van der Waals surface area contributed by atoms with Crippen molar-refractivity contribution in [3.8, 4) is 22.3 Å². The summed E-state index contributed by atoms with van der Waals surface area (Å²) in [6, 6.07) is 16.2. The van der Waals surface area contributed by atoms with Crippen molar-refractivity contribution in [3.05, 3.63) is 95.3 Å². The first kappa shape index (κ1) is 33.1. The maximum absolute atomic E-state index is 15.3. The van der Waals surface area contributed by atoms with Crippen LogP contribution in [0.5, 0.6) is 0 Å². The Morgan fingerprint density at radius 1 is 0.628 bits per heavy atom. The first-order valence-electron chi connectivity index (χ1n) is 17.0. The highest BCUT2D eigenvalue weighted by Gasteiger charge is 2.24. The van der Waals surface area contributed by atoms with Crippen LogP contribution in [0.25, 0.3) is 22.3 Å². The van der Waals surface area contributed by atoms with Gasteiger partial charge in [-0.05, 0) is 84.2 Å². The Kier molecular flexibility index (Phi) is 13.4. The lowest BCUT2D eigenvalue weighted by molar-refractivity contribution is 0.298. The number of hydrogen-bond acceptors (Lipinski definition) is 0. The van der Waals surface area contributed by atoms with Gasteiger partial charge in [0.15, 0.2) is 11.6 Å². The first-order valence-corrected chi connectivity index (χ1v) is 17.0. The Bertz CT molecular complexity index is 1280. The van der Waals surface area contributed by atoms with E-state index in [1.54, 1.807) is 30.3 Å². The van der Waals surface area contributed by atoms with Crippen LogP contribution in [0.15, 0.2) is 66.7 Å². The van der Waals surface area contributed by atoms with E-state index in [9.17, 15) is 8.78 Å². The number of hydrogen-bond donors (Lipinski definition) is 0. The van der Waals surface area contributed by atoms with Crippen molar-refractivity contribution < 1.29 is 13.2 Å². The van der Waals surface area contributed by atoms with Crippen LogP contribution >= 0.6 is 0 Å². The second kappa shape index (κ2) is 17.5. The summed E-state index contributed by atoms with van der Waals surface area (Å²) in [7, 11) is 0. The Labute approximate surface area is 258 Å². The highest BCUT2D eigenvalue weighted by atomic mass is 19.2. The average Bonchev–Trinajstić information content (AvgIpc) is 3.03. The van der Waals surface area contributed by atoms with Crippen LogP contribution in [-0.2, 0) is 6.42 Å². The lowest BCUT2D eigenvalue weighted by Gasteiger charge is -2.29. The monoisotopic (exact) mass is 588 g/mol. The Hall–Kier alpha value is -2.81. The van der Waals surface area contributed by atoms with E-state index >= 15 is 4.39 Å². The Morgan fingerprint density at radius 3 is 1.95 bits per heavy atom. The van der Waals surface area contributed by atoms with Crippen molar-refractivity contribution in [1.29, 1.82) is 0 Å². The van der Waals surface area contributed by atoms with Crippen molar-refractivity contribution >= 4 is 0 Å². The van der Waals surface area contributed by atoms with Crippen LogP contribution in [-0.4, -0.2) is 0 Å². The third-order valence-corrected chi connectivity index (χ3v) is 9.40. The fourth-order valence-corrected chi connectivity index (χ4v) is 6.67. The van der Waals surface area contributed by atoms with Crippen LogP contribution in [0.1, 0.15) is 127 Å². The summed E-state index contributed by atoms with van der Waals surface area (Å²) in [5.74, 6) is -0.645. The van der Waals surface area contributed by atoms with E-state index in [2.05, 4.69) is 13.8 Å². The topological polar surface area (TPSA) is 0 Å². The van der Waals surface area contributed by atoms with Crippen LogP contribution in [0.4, 0.5) is 13.2 Å². The van der Waals surface area contributed by atoms with Gasteiger partial charge < -0.3 is 0 Å². The normalized spacial score (nSPS) is 17.1. The predicted octanol–water partition coefficient (Wildman–Crippen LogP) is 13.1. The molecule has 0 radical (unpaired) electrons. The molecule has 3 aromatic carbocycles. The fourth-order valence-electron chi connectivity index (χ4n) is 6.67. The standard InChI is InChI=1S/C40H51F3/c1-3-5-7-9-10-11-12-13-15-30-17-19-32(20-18-30)36-27-26-35(29-38(36)41)31-21-23-33(24-22-31)37-28-25-34(39(42)40(37)43)16-14-8-6-4-2/h8,14,21-30,32H,3-7,9-13,15-20H2,1-2H3. The number of halogens is 3. The van der Waals surface area contributed by atoms with Crippen molar-refractivity contribution in [1.82, 2.24) is 0 Å². The zero-order chi connectivity index (χ0) is 30.4. The minimum Gasteiger partial charge on any atom is -0.207 e. The molecule has 0 amide bonds. The summed E-state index contributed by atoms with van der Waals surface area (Å²) in [6.07, 6.45) is 23.0. The van der Waals surface area contributed by atoms with E-state index in [1.165, 1.54) is 70.6 Å². The van der Waals surface area contributed by atoms with Gasteiger partial charge in [0, 0.05) is 5.56 Å². The molecule has 1 saturated carbocycles. The van der Waals surface area contributed by atoms with Crippen LogP contribution in [0.2, 0.25) is 0 Å². The molecule has 3 aromatic rings. The van der Waals surface area contributed by atoms with Crippen molar-refractivity contribution in [2.24, 2.45) is 5.92 Å². The Balaban J connectivity index is 1.29. The summed E-state index contributed by atoms with van der Waals surface area (Å²) in [4.78, 5) is 0. The van der Waals surface area contributed by atoms with Crippen molar-refractivity contribution in [3.63, 3.8) is 0 Å². The van der Waals surface area contributed by atoms with Crippen molar-refractivity contribution in [2.75, 3.05) is 0 Å². The van der Waals surface area contributed by atoms with Gasteiger partial charge in [-0.2, -0.15) is 0 Å². The van der Waals surface area contributed by atoms with Gasteiger partial charge in [-0.3, -0.25) is 0 Å². The molecule has 0 saturated heterocycles. The molecule has 0 heterocycles. The minimum atomic E-state index is -0.822. The average molecular weight is 589 g/mol. The molecule has 0 spiro atoms. The lowest BCUT2D eigenvalue weighted by atomic mass is 9.76. The van der Waals surface area contributed by atoms with Gasteiger partial charge in [0.2, 0.25) is 0 Å². The van der Waals surface area contributed by atoms with E-state index in [0.29, 0.717) is 23.5 Å². The molecule has 1 fully saturated rings. The SMILES string of the molecule is CCCC=CCc1ccc(-c2ccc(-c3ccc(C4CCC(CCCCCCCCCC)CC4)c(F)c3)cc2)c(F)c1F. The first-order chi connectivity index (χ1) is 21.0. The van der Waals surface area contributed by atoms with Gasteiger partial charge in [0.1, 0.15) is 5.82 Å². The lowest BCUT2D eigenvalue weighted by Crippen LogP contribution is -2.14. The molecule has 232 valence electrons. The maximum Gasteiger partial charge on any atom is 0.166 e. The van der Waals surface area contributed by atoms with Crippen molar-refractivity contribution in [2.45, 2.75) is 122 Å². The number of rotatable bonds is 16. The molecule has 0 aromatic heterocycles. The molecule has 0 bridgehead atoms. The smallest absolute Gasteiger partial charge is 0.166 e. The number of allylic oxidation sites excluding steroid dienone is 2. The third-order valence-electron chi connectivity index (χ3n) is 9.40. The van der Waals surface area contributed by atoms with Gasteiger partial charge in [0.05, 0.1) is 0 Å². The molecular weight excluding hydrogens is 537 g/mol. The number of benzene rings is 3. The molecule has 4 rings (SSSR count). The summed E-state index contributed by atoms with van der Waals surface area (Å²) in [5, 5.41) is 0. The quantitative estimate of drug-likeness (QED) is 0.115. The predicted molar refractivity (Wildman–Crippen MR) is 177 cm³/mol. The van der Waals surface area contributed by atoms with E-state index in [4.69, 9.17) is 0 Å². The minimum absolute atomic E-state index is 0.134.